The van der Waals surface area contributed by atoms with E-state index in [2.05, 4.69) is 10.6 Å². The zero-order chi connectivity index (χ0) is 17.8. The SMILES string of the molecule is O=C(Nc1ccc(Cl)c(C(F)(F)F)c1)NC12CC3CC(CC(C3)O1)C2. The highest BCUT2D eigenvalue weighted by molar-refractivity contribution is 6.31. The molecule has 0 spiro atoms. The third-order valence-electron chi connectivity index (χ3n) is 5.36. The number of benzene rings is 1. The van der Waals surface area contributed by atoms with Crippen molar-refractivity contribution in [2.24, 2.45) is 11.8 Å². The molecule has 4 nitrogen and oxygen atoms in total. The van der Waals surface area contributed by atoms with Gasteiger partial charge in [0.2, 0.25) is 0 Å². The van der Waals surface area contributed by atoms with E-state index in [-0.39, 0.29) is 11.8 Å². The van der Waals surface area contributed by atoms with Gasteiger partial charge in [-0.05, 0) is 62.1 Å². The van der Waals surface area contributed by atoms with Crippen molar-refractivity contribution in [2.75, 3.05) is 5.32 Å². The van der Waals surface area contributed by atoms with Crippen LogP contribution in [0.5, 0.6) is 0 Å². The highest BCUT2D eigenvalue weighted by Crippen LogP contribution is 2.51. The lowest BCUT2D eigenvalue weighted by Crippen LogP contribution is -2.63. The molecule has 136 valence electrons. The second kappa shape index (κ2) is 5.77. The molecule has 2 unspecified atom stereocenters. The van der Waals surface area contributed by atoms with Crippen LogP contribution in [0.25, 0.3) is 0 Å². The van der Waals surface area contributed by atoms with Crippen molar-refractivity contribution < 1.29 is 22.7 Å². The van der Waals surface area contributed by atoms with Crippen LogP contribution in [0.4, 0.5) is 23.7 Å². The smallest absolute Gasteiger partial charge is 0.352 e. The van der Waals surface area contributed by atoms with Crippen LogP contribution in [0, 0.1) is 11.8 Å². The number of hydrogen-bond donors (Lipinski definition) is 2. The number of halogens is 4. The average Bonchev–Trinajstić information content (AvgIpc) is 2.46. The molecule has 0 radical (unpaired) electrons. The number of urea groups is 1. The number of ether oxygens (including phenoxy) is 1. The van der Waals surface area contributed by atoms with Crippen molar-refractivity contribution in [3.05, 3.63) is 28.8 Å². The first-order chi connectivity index (χ1) is 11.7. The monoisotopic (exact) mass is 374 g/mol. The van der Waals surface area contributed by atoms with Crippen LogP contribution >= 0.6 is 11.6 Å². The molecule has 8 heteroatoms. The molecular weight excluding hydrogens is 357 g/mol. The van der Waals surface area contributed by atoms with Crippen LogP contribution in [0.15, 0.2) is 18.2 Å². The van der Waals surface area contributed by atoms with Gasteiger partial charge >= 0.3 is 12.2 Å². The van der Waals surface area contributed by atoms with E-state index < -0.39 is 28.5 Å². The van der Waals surface area contributed by atoms with E-state index >= 15 is 0 Å². The molecule has 2 saturated carbocycles. The summed E-state index contributed by atoms with van der Waals surface area (Å²) in [6.45, 7) is 0. The molecule has 25 heavy (non-hydrogen) atoms. The van der Waals surface area contributed by atoms with Gasteiger partial charge in [-0.25, -0.2) is 4.79 Å². The summed E-state index contributed by atoms with van der Waals surface area (Å²) in [6.07, 6.45) is 0.384. The van der Waals surface area contributed by atoms with Gasteiger partial charge in [-0.15, -0.1) is 0 Å². The van der Waals surface area contributed by atoms with Crippen molar-refractivity contribution in [1.82, 2.24) is 5.32 Å². The second-order valence-corrected chi connectivity index (χ2v) is 7.76. The van der Waals surface area contributed by atoms with E-state index in [1.54, 1.807) is 0 Å². The highest BCUT2D eigenvalue weighted by Gasteiger charge is 2.52. The summed E-state index contributed by atoms with van der Waals surface area (Å²) < 4.78 is 44.8. The maximum Gasteiger partial charge on any atom is 0.417 e. The van der Waals surface area contributed by atoms with Crippen LogP contribution in [0.3, 0.4) is 0 Å². The number of carbonyl (C=O) groups is 1. The van der Waals surface area contributed by atoms with Gasteiger partial charge in [-0.3, -0.25) is 0 Å². The lowest BCUT2D eigenvalue weighted by Gasteiger charge is -2.56. The Bertz CT molecular complexity index is 672. The summed E-state index contributed by atoms with van der Waals surface area (Å²) in [5, 5.41) is 4.93. The molecular formula is C17H18ClF3N2O2. The highest BCUT2D eigenvalue weighted by atomic mass is 35.5. The van der Waals surface area contributed by atoms with E-state index in [4.69, 9.17) is 16.3 Å². The largest absolute Gasteiger partial charge is 0.417 e. The molecule has 4 fully saturated rings. The van der Waals surface area contributed by atoms with Gasteiger partial charge in [0, 0.05) is 5.69 Å². The maximum atomic E-state index is 12.9. The molecule has 2 aliphatic heterocycles. The Morgan fingerprint density at radius 3 is 2.48 bits per heavy atom. The molecule has 4 bridgehead atoms. The number of nitrogens with one attached hydrogen (secondary N) is 2. The predicted octanol–water partition coefficient (Wildman–Crippen LogP) is 4.79. The molecule has 2 saturated heterocycles. The van der Waals surface area contributed by atoms with E-state index in [0.717, 1.165) is 37.8 Å². The van der Waals surface area contributed by atoms with Crippen molar-refractivity contribution in [3.8, 4) is 0 Å². The fraction of sp³-hybridized carbons (Fsp3) is 0.588. The number of alkyl halides is 3. The van der Waals surface area contributed by atoms with Gasteiger partial charge < -0.3 is 15.4 Å². The van der Waals surface area contributed by atoms with E-state index in [1.807, 2.05) is 0 Å². The zero-order valence-corrected chi connectivity index (χ0v) is 14.1. The Balaban J connectivity index is 1.46. The number of rotatable bonds is 2. The van der Waals surface area contributed by atoms with Crippen molar-refractivity contribution in [1.29, 1.82) is 0 Å². The van der Waals surface area contributed by atoms with Gasteiger partial charge in [0.05, 0.1) is 16.7 Å². The number of amides is 2. The van der Waals surface area contributed by atoms with Crippen LogP contribution < -0.4 is 10.6 Å². The Morgan fingerprint density at radius 2 is 1.88 bits per heavy atom. The zero-order valence-electron chi connectivity index (χ0n) is 13.3. The number of anilines is 1. The van der Waals surface area contributed by atoms with Gasteiger partial charge in [0.1, 0.15) is 5.72 Å². The molecule has 4 aliphatic rings. The predicted molar refractivity (Wildman–Crippen MR) is 86.3 cm³/mol. The molecule has 2 aliphatic carbocycles. The van der Waals surface area contributed by atoms with Gasteiger partial charge in [0.25, 0.3) is 0 Å². The lowest BCUT2D eigenvalue weighted by molar-refractivity contribution is -0.227. The van der Waals surface area contributed by atoms with E-state index in [1.165, 1.54) is 12.5 Å². The fourth-order valence-corrected chi connectivity index (χ4v) is 4.91. The topological polar surface area (TPSA) is 50.4 Å². The molecule has 1 aromatic carbocycles. The van der Waals surface area contributed by atoms with Crippen molar-refractivity contribution in [3.63, 3.8) is 0 Å². The lowest BCUT2D eigenvalue weighted by atomic mass is 9.65. The second-order valence-electron chi connectivity index (χ2n) is 7.35. The molecule has 2 heterocycles. The van der Waals surface area contributed by atoms with Gasteiger partial charge in [0.15, 0.2) is 0 Å². The molecule has 2 N–H and O–H groups in total. The summed E-state index contributed by atoms with van der Waals surface area (Å²) in [4.78, 5) is 12.3. The summed E-state index contributed by atoms with van der Waals surface area (Å²) in [7, 11) is 0. The van der Waals surface area contributed by atoms with Crippen LogP contribution in [-0.2, 0) is 10.9 Å². The first kappa shape index (κ1) is 17.0. The molecule has 2 atom stereocenters. The quantitative estimate of drug-likeness (QED) is 0.782. The normalized spacial score (nSPS) is 33.4. The molecule has 2 amide bonds. The van der Waals surface area contributed by atoms with Crippen LogP contribution in [0.1, 0.15) is 37.7 Å². The van der Waals surface area contributed by atoms with E-state index in [9.17, 15) is 18.0 Å². The summed E-state index contributed by atoms with van der Waals surface area (Å²) in [5.74, 6) is 1.11. The number of carbonyl (C=O) groups excluding carboxylic acids is 1. The van der Waals surface area contributed by atoms with Gasteiger partial charge in [-0.2, -0.15) is 13.2 Å². The van der Waals surface area contributed by atoms with Crippen molar-refractivity contribution >= 4 is 23.3 Å². The Hall–Kier alpha value is -1.47. The minimum Gasteiger partial charge on any atom is -0.352 e. The Labute approximate surface area is 148 Å². The Kier molecular flexibility index (Phi) is 3.92. The minimum absolute atomic E-state index is 0.0407. The van der Waals surface area contributed by atoms with E-state index in [0.29, 0.717) is 11.8 Å². The molecule has 1 aromatic rings. The fourth-order valence-electron chi connectivity index (χ4n) is 4.69. The first-order valence-electron chi connectivity index (χ1n) is 8.36. The van der Waals surface area contributed by atoms with Crippen LogP contribution in [0.2, 0.25) is 5.02 Å². The molecule has 0 aromatic heterocycles. The van der Waals surface area contributed by atoms with Crippen molar-refractivity contribution in [2.45, 2.75) is 50.1 Å². The third kappa shape index (κ3) is 3.31. The van der Waals surface area contributed by atoms with Gasteiger partial charge in [-0.1, -0.05) is 11.6 Å². The summed E-state index contributed by atoms with van der Waals surface area (Å²) in [6, 6.07) is 2.75. The summed E-state index contributed by atoms with van der Waals surface area (Å²) in [5.41, 5.74) is -1.62. The van der Waals surface area contributed by atoms with Crippen LogP contribution in [-0.4, -0.2) is 17.9 Å². The Morgan fingerprint density at radius 1 is 1.20 bits per heavy atom. The molecule has 5 rings (SSSR count). The number of hydrogen-bond acceptors (Lipinski definition) is 2. The minimum atomic E-state index is -4.58. The third-order valence-corrected chi connectivity index (χ3v) is 5.69. The average molecular weight is 375 g/mol. The maximum absolute atomic E-state index is 12.9. The first-order valence-corrected chi connectivity index (χ1v) is 8.74. The standard InChI is InChI=1S/C17H18ClF3N2O2/c18-14-2-1-11(6-13(14)17(19,20)21)22-15(24)23-16-7-9-3-10(8-16)5-12(4-9)25-16/h1-2,6,9-10,12H,3-5,7-8H2,(H2,22,23,24). The summed E-state index contributed by atoms with van der Waals surface area (Å²) >= 11 is 5.59.